The fourth-order valence-corrected chi connectivity index (χ4v) is 0.996. The van der Waals surface area contributed by atoms with Crippen molar-refractivity contribution in [2.75, 3.05) is 7.11 Å². The van der Waals surface area contributed by atoms with E-state index < -0.39 is 5.97 Å². The van der Waals surface area contributed by atoms with E-state index >= 15 is 0 Å². The lowest BCUT2D eigenvalue weighted by molar-refractivity contribution is -0.139. The van der Waals surface area contributed by atoms with Crippen LogP contribution in [-0.4, -0.2) is 18.1 Å². The maximum Gasteiger partial charge on any atom is 0.310 e. The molecule has 0 radical (unpaired) electrons. The van der Waals surface area contributed by atoms with Gasteiger partial charge in [-0.15, -0.1) is 0 Å². The van der Waals surface area contributed by atoms with Gasteiger partial charge < -0.3 is 9.72 Å². The van der Waals surface area contributed by atoms with Gasteiger partial charge in [0.15, 0.2) is 0 Å². The first-order chi connectivity index (χ1) is 6.13. The molecule has 0 bridgehead atoms. The molecule has 0 aromatic carbocycles. The molecule has 0 saturated carbocycles. The predicted molar refractivity (Wildman–Crippen MR) is 47.8 cm³/mol. The number of nitrogens with one attached hydrogen (secondary N) is 1. The van der Waals surface area contributed by atoms with E-state index in [9.17, 15) is 9.59 Å². The van der Waals surface area contributed by atoms with E-state index in [0.717, 1.165) is 0 Å². The lowest BCUT2D eigenvalue weighted by Gasteiger charge is -1.98. The average Bonchev–Trinajstić information content (AvgIpc) is 2.09. The monoisotopic (exact) mass is 201 g/mol. The van der Waals surface area contributed by atoms with E-state index in [1.165, 1.54) is 19.2 Å². The second-order valence-corrected chi connectivity index (χ2v) is 2.82. The van der Waals surface area contributed by atoms with Gasteiger partial charge in [0.25, 0.3) is 5.56 Å². The minimum absolute atomic E-state index is 0.0387. The summed E-state index contributed by atoms with van der Waals surface area (Å²) >= 11 is 5.52. The van der Waals surface area contributed by atoms with Crippen LogP contribution in [0.5, 0.6) is 0 Å². The number of methoxy groups -OCH3 is 1. The zero-order chi connectivity index (χ0) is 9.84. The molecule has 13 heavy (non-hydrogen) atoms. The topological polar surface area (TPSA) is 59.2 Å². The first-order valence-corrected chi connectivity index (χ1v) is 3.96. The summed E-state index contributed by atoms with van der Waals surface area (Å²) in [4.78, 5) is 24.3. The van der Waals surface area contributed by atoms with Crippen molar-refractivity contribution in [3.8, 4) is 0 Å². The second kappa shape index (κ2) is 4.09. The lowest BCUT2D eigenvalue weighted by atomic mass is 10.2. The Morgan fingerprint density at radius 2 is 2.31 bits per heavy atom. The Hall–Kier alpha value is -1.29. The zero-order valence-electron chi connectivity index (χ0n) is 6.96. The van der Waals surface area contributed by atoms with Gasteiger partial charge in [-0.3, -0.25) is 9.59 Å². The van der Waals surface area contributed by atoms with Gasteiger partial charge in [-0.25, -0.2) is 0 Å². The number of aromatic amines is 1. The summed E-state index contributed by atoms with van der Waals surface area (Å²) in [6, 6.07) is 3.01. The fraction of sp³-hybridized carbons (Fsp3) is 0.250. The van der Waals surface area contributed by atoms with Crippen LogP contribution in [0.2, 0.25) is 5.15 Å². The summed E-state index contributed by atoms with van der Waals surface area (Å²) in [5.74, 6) is -0.451. The van der Waals surface area contributed by atoms with Crippen molar-refractivity contribution in [2.24, 2.45) is 0 Å². The molecule has 0 saturated heterocycles. The highest BCUT2D eigenvalue weighted by Crippen LogP contribution is 2.01. The standard InChI is InChI=1S/C8H8ClNO3/c1-13-7(11)4-5-2-3-6(9)10-8(5)12/h2-3H,4H2,1H3,(H,10,12). The summed E-state index contributed by atoms with van der Waals surface area (Å²) in [6.45, 7) is 0. The largest absolute Gasteiger partial charge is 0.469 e. The number of halogens is 1. The van der Waals surface area contributed by atoms with Crippen LogP contribution in [-0.2, 0) is 16.0 Å². The van der Waals surface area contributed by atoms with Crippen molar-refractivity contribution in [1.82, 2.24) is 4.98 Å². The maximum absolute atomic E-state index is 11.1. The molecule has 1 rings (SSSR count). The number of aromatic nitrogens is 1. The van der Waals surface area contributed by atoms with Crippen molar-refractivity contribution >= 4 is 17.6 Å². The molecule has 0 spiro atoms. The average molecular weight is 202 g/mol. The molecular formula is C8H8ClNO3. The summed E-state index contributed by atoms with van der Waals surface area (Å²) in [7, 11) is 1.27. The SMILES string of the molecule is COC(=O)Cc1ccc(Cl)[nH]c1=O. The number of H-pyrrole nitrogens is 1. The first-order valence-electron chi connectivity index (χ1n) is 3.58. The molecule has 1 heterocycles. The predicted octanol–water partition coefficient (Wildman–Crippen LogP) is 0.744. The molecule has 4 nitrogen and oxygen atoms in total. The lowest BCUT2D eigenvalue weighted by Crippen LogP contribution is -2.16. The highest BCUT2D eigenvalue weighted by atomic mass is 35.5. The van der Waals surface area contributed by atoms with E-state index in [0.29, 0.717) is 5.56 Å². The summed E-state index contributed by atoms with van der Waals surface area (Å²) < 4.78 is 4.41. The number of ether oxygens (including phenoxy) is 1. The number of pyridine rings is 1. The molecule has 1 N–H and O–H groups in total. The van der Waals surface area contributed by atoms with E-state index in [2.05, 4.69) is 9.72 Å². The normalized spacial score (nSPS) is 9.69. The van der Waals surface area contributed by atoms with Crippen molar-refractivity contribution in [3.05, 3.63) is 33.2 Å². The van der Waals surface area contributed by atoms with Crippen molar-refractivity contribution < 1.29 is 9.53 Å². The Bertz CT molecular complexity index is 372. The van der Waals surface area contributed by atoms with Gasteiger partial charge in [-0.1, -0.05) is 11.6 Å². The van der Waals surface area contributed by atoms with Crippen LogP contribution in [0.3, 0.4) is 0 Å². The molecule has 5 heteroatoms. The zero-order valence-corrected chi connectivity index (χ0v) is 7.72. The minimum Gasteiger partial charge on any atom is -0.469 e. The Labute approximate surface area is 79.5 Å². The molecule has 0 amide bonds. The van der Waals surface area contributed by atoms with Crippen LogP contribution in [0.15, 0.2) is 16.9 Å². The molecular weight excluding hydrogens is 194 g/mol. The van der Waals surface area contributed by atoms with Gasteiger partial charge in [-0.2, -0.15) is 0 Å². The number of carbonyl (C=O) groups excluding carboxylic acids is 1. The number of carbonyl (C=O) groups is 1. The molecule has 1 aromatic heterocycles. The van der Waals surface area contributed by atoms with Crippen LogP contribution in [0, 0.1) is 0 Å². The van der Waals surface area contributed by atoms with Crippen molar-refractivity contribution in [3.63, 3.8) is 0 Å². The van der Waals surface area contributed by atoms with Crippen molar-refractivity contribution in [1.29, 1.82) is 0 Å². The molecule has 0 fully saturated rings. The molecule has 1 aromatic rings. The van der Waals surface area contributed by atoms with Crippen LogP contribution < -0.4 is 5.56 Å². The van der Waals surface area contributed by atoms with Gasteiger partial charge in [0.05, 0.1) is 13.5 Å². The summed E-state index contributed by atoms with van der Waals surface area (Å²) in [5.41, 5.74) is -0.0193. The van der Waals surface area contributed by atoms with Crippen LogP contribution in [0.25, 0.3) is 0 Å². The smallest absolute Gasteiger partial charge is 0.310 e. The van der Waals surface area contributed by atoms with Crippen molar-refractivity contribution in [2.45, 2.75) is 6.42 Å². The van der Waals surface area contributed by atoms with Gasteiger partial charge in [0.2, 0.25) is 0 Å². The maximum atomic E-state index is 11.1. The second-order valence-electron chi connectivity index (χ2n) is 2.41. The van der Waals surface area contributed by atoms with Gasteiger partial charge in [-0.05, 0) is 12.1 Å². The van der Waals surface area contributed by atoms with Crippen LogP contribution in [0.4, 0.5) is 0 Å². The number of hydrogen-bond acceptors (Lipinski definition) is 3. The summed E-state index contributed by atoms with van der Waals surface area (Å²) in [5, 5.41) is 0.249. The highest BCUT2D eigenvalue weighted by Gasteiger charge is 2.06. The molecule has 0 atom stereocenters. The molecule has 0 aliphatic carbocycles. The van der Waals surface area contributed by atoms with Crippen LogP contribution >= 0.6 is 11.6 Å². The number of rotatable bonds is 2. The number of hydrogen-bond donors (Lipinski definition) is 1. The fourth-order valence-electron chi connectivity index (χ4n) is 0.847. The third-order valence-electron chi connectivity index (χ3n) is 1.52. The van der Waals surface area contributed by atoms with E-state index in [1.807, 2.05) is 0 Å². The third kappa shape index (κ3) is 2.59. The first kappa shape index (κ1) is 9.80. The minimum atomic E-state index is -0.451. The Morgan fingerprint density at radius 3 is 2.85 bits per heavy atom. The Kier molecular flexibility index (Phi) is 3.08. The molecule has 70 valence electrons. The van der Waals surface area contributed by atoms with E-state index in [-0.39, 0.29) is 17.1 Å². The van der Waals surface area contributed by atoms with Gasteiger partial charge in [0.1, 0.15) is 5.15 Å². The molecule has 0 aliphatic rings. The Balaban J connectivity index is 2.90. The van der Waals surface area contributed by atoms with E-state index in [4.69, 9.17) is 11.6 Å². The third-order valence-corrected chi connectivity index (χ3v) is 1.74. The molecule has 0 unspecified atom stereocenters. The van der Waals surface area contributed by atoms with Gasteiger partial charge >= 0.3 is 5.97 Å². The van der Waals surface area contributed by atoms with E-state index in [1.54, 1.807) is 0 Å². The molecule has 0 aliphatic heterocycles. The van der Waals surface area contributed by atoms with Gasteiger partial charge in [0, 0.05) is 5.56 Å². The highest BCUT2D eigenvalue weighted by molar-refractivity contribution is 6.29. The quantitative estimate of drug-likeness (QED) is 0.567. The Morgan fingerprint density at radius 1 is 1.62 bits per heavy atom. The van der Waals surface area contributed by atoms with Crippen LogP contribution in [0.1, 0.15) is 5.56 Å². The summed E-state index contributed by atoms with van der Waals surface area (Å²) in [6.07, 6.45) is -0.0387. The number of esters is 1.